The highest BCUT2D eigenvalue weighted by molar-refractivity contribution is 5.48. The Kier molecular flexibility index (Phi) is 5.07. The third-order valence-electron chi connectivity index (χ3n) is 6.12. The normalized spacial score (nSPS) is 25.5. The molecule has 25 heavy (non-hydrogen) atoms. The maximum absolute atomic E-state index is 5.33. The van der Waals surface area contributed by atoms with Crippen molar-refractivity contribution in [1.82, 2.24) is 5.32 Å². The van der Waals surface area contributed by atoms with Gasteiger partial charge in [-0.1, -0.05) is 74.2 Å². The molecule has 0 spiro atoms. The van der Waals surface area contributed by atoms with Crippen molar-refractivity contribution in [3.05, 3.63) is 66.2 Å². The maximum atomic E-state index is 5.33. The van der Waals surface area contributed by atoms with Crippen molar-refractivity contribution >= 4 is 5.69 Å². The molecule has 4 rings (SSSR count). The Labute approximate surface area is 152 Å². The van der Waals surface area contributed by atoms with Gasteiger partial charge in [-0.3, -0.25) is 0 Å². The molecular weight excluding hydrogens is 304 g/mol. The molecule has 2 aromatic rings. The van der Waals surface area contributed by atoms with Gasteiger partial charge in [0.1, 0.15) is 0 Å². The van der Waals surface area contributed by atoms with Crippen LogP contribution in [0, 0.1) is 5.92 Å². The molecule has 0 amide bonds. The van der Waals surface area contributed by atoms with Crippen molar-refractivity contribution in [2.45, 2.75) is 44.1 Å². The Balaban J connectivity index is 1.70. The van der Waals surface area contributed by atoms with Gasteiger partial charge in [0.25, 0.3) is 0 Å². The topological polar surface area (TPSA) is 17.3 Å². The Morgan fingerprint density at radius 2 is 1.44 bits per heavy atom. The van der Waals surface area contributed by atoms with Crippen LogP contribution in [0.25, 0.3) is 0 Å². The molecule has 1 aliphatic heterocycles. The van der Waals surface area contributed by atoms with E-state index in [1.165, 1.54) is 49.8 Å². The molecular formula is C23H29N2. The highest BCUT2D eigenvalue weighted by Crippen LogP contribution is 2.42. The largest absolute Gasteiger partial charge is 0.368 e. The molecule has 1 atom stereocenters. The average molecular weight is 333 g/mol. The van der Waals surface area contributed by atoms with Crippen LogP contribution in [0.2, 0.25) is 0 Å². The molecule has 1 unspecified atom stereocenters. The zero-order valence-electron chi connectivity index (χ0n) is 15.1. The molecule has 1 radical (unpaired) electrons. The number of anilines is 1. The standard InChI is InChI=1S/C23H29N2/c1-2-6-12-20(11-5-1)23(21-13-7-3-8-14-21)19-25(18-17-24-23)22-15-9-4-10-16-22/h3-4,7-10,13-16,20H,1-2,5-6,11-12,17-19H2. The van der Waals surface area contributed by atoms with E-state index in [1.807, 2.05) is 0 Å². The van der Waals surface area contributed by atoms with E-state index in [9.17, 15) is 0 Å². The molecule has 2 nitrogen and oxygen atoms in total. The van der Waals surface area contributed by atoms with Gasteiger partial charge >= 0.3 is 0 Å². The van der Waals surface area contributed by atoms with Crippen molar-refractivity contribution in [2.75, 3.05) is 24.5 Å². The molecule has 1 saturated heterocycles. The summed E-state index contributed by atoms with van der Waals surface area (Å²) >= 11 is 0. The van der Waals surface area contributed by atoms with Crippen LogP contribution in [-0.2, 0) is 5.54 Å². The Hall–Kier alpha value is -1.80. The van der Waals surface area contributed by atoms with Gasteiger partial charge in [0, 0.05) is 25.3 Å². The number of piperazine rings is 1. The maximum Gasteiger partial charge on any atom is 0.0808 e. The van der Waals surface area contributed by atoms with E-state index in [2.05, 4.69) is 65.6 Å². The van der Waals surface area contributed by atoms with Gasteiger partial charge < -0.3 is 4.90 Å². The number of rotatable bonds is 3. The minimum atomic E-state index is -0.0420. The summed E-state index contributed by atoms with van der Waals surface area (Å²) in [7, 11) is 0. The number of hydrogen-bond donors (Lipinski definition) is 0. The number of para-hydroxylation sites is 1. The van der Waals surface area contributed by atoms with Crippen LogP contribution in [0.5, 0.6) is 0 Å². The zero-order chi connectivity index (χ0) is 17.0. The summed E-state index contributed by atoms with van der Waals surface area (Å²) in [6.45, 7) is 2.98. The first-order valence-electron chi connectivity index (χ1n) is 9.93. The first kappa shape index (κ1) is 16.7. The fourth-order valence-electron chi connectivity index (χ4n) is 4.81. The van der Waals surface area contributed by atoms with E-state index in [0.29, 0.717) is 5.92 Å². The van der Waals surface area contributed by atoms with Crippen molar-refractivity contribution < 1.29 is 0 Å². The van der Waals surface area contributed by atoms with Gasteiger partial charge in [-0.25, -0.2) is 5.32 Å². The van der Waals surface area contributed by atoms with E-state index >= 15 is 0 Å². The molecule has 1 saturated carbocycles. The Morgan fingerprint density at radius 3 is 2.12 bits per heavy atom. The second kappa shape index (κ2) is 7.61. The summed E-state index contributed by atoms with van der Waals surface area (Å²) < 4.78 is 0. The number of hydrogen-bond acceptors (Lipinski definition) is 1. The molecule has 2 heteroatoms. The minimum absolute atomic E-state index is 0.0420. The Morgan fingerprint density at radius 1 is 0.800 bits per heavy atom. The Bertz CT molecular complexity index is 646. The molecule has 0 aromatic heterocycles. The SMILES string of the molecule is c1ccc(N2CC[N]C(c3ccccc3)(C3CCCCCC3)C2)cc1. The second-order valence-electron chi connectivity index (χ2n) is 7.62. The van der Waals surface area contributed by atoms with E-state index in [4.69, 9.17) is 5.32 Å². The molecule has 0 N–H and O–H groups in total. The van der Waals surface area contributed by atoms with E-state index in [0.717, 1.165) is 19.6 Å². The van der Waals surface area contributed by atoms with Crippen molar-refractivity contribution in [2.24, 2.45) is 5.92 Å². The van der Waals surface area contributed by atoms with Crippen molar-refractivity contribution in [3.8, 4) is 0 Å². The van der Waals surface area contributed by atoms with Gasteiger partial charge in [0.2, 0.25) is 0 Å². The molecule has 2 aromatic carbocycles. The van der Waals surface area contributed by atoms with Gasteiger partial charge in [0.15, 0.2) is 0 Å². The molecule has 131 valence electrons. The zero-order valence-corrected chi connectivity index (χ0v) is 15.1. The summed E-state index contributed by atoms with van der Waals surface area (Å²) in [4.78, 5) is 2.56. The van der Waals surface area contributed by atoms with Gasteiger partial charge in [-0.2, -0.15) is 0 Å². The monoisotopic (exact) mass is 333 g/mol. The summed E-state index contributed by atoms with van der Waals surface area (Å²) in [5.41, 5.74) is 2.72. The summed E-state index contributed by atoms with van der Waals surface area (Å²) in [6, 6.07) is 22.0. The van der Waals surface area contributed by atoms with Crippen LogP contribution < -0.4 is 10.2 Å². The fourth-order valence-corrected chi connectivity index (χ4v) is 4.81. The lowest BCUT2D eigenvalue weighted by Gasteiger charge is -2.48. The molecule has 0 bridgehead atoms. The highest BCUT2D eigenvalue weighted by Gasteiger charge is 2.44. The van der Waals surface area contributed by atoms with Crippen LogP contribution in [0.1, 0.15) is 44.1 Å². The van der Waals surface area contributed by atoms with Gasteiger partial charge in [-0.15, -0.1) is 0 Å². The van der Waals surface area contributed by atoms with Crippen LogP contribution in [-0.4, -0.2) is 19.6 Å². The summed E-state index contributed by atoms with van der Waals surface area (Å²) in [5.74, 6) is 0.670. The molecule has 1 heterocycles. The lowest BCUT2D eigenvalue weighted by atomic mass is 9.72. The van der Waals surface area contributed by atoms with E-state index < -0.39 is 0 Å². The van der Waals surface area contributed by atoms with Crippen molar-refractivity contribution in [1.29, 1.82) is 0 Å². The molecule has 2 fully saturated rings. The lowest BCUT2D eigenvalue weighted by molar-refractivity contribution is 0.168. The predicted octanol–water partition coefficient (Wildman–Crippen LogP) is 4.98. The first-order valence-corrected chi connectivity index (χ1v) is 9.93. The predicted molar refractivity (Wildman–Crippen MR) is 105 cm³/mol. The van der Waals surface area contributed by atoms with E-state index in [-0.39, 0.29) is 5.54 Å². The quantitative estimate of drug-likeness (QED) is 0.724. The summed E-state index contributed by atoms with van der Waals surface area (Å²) in [5, 5.41) is 5.33. The van der Waals surface area contributed by atoms with Crippen LogP contribution in [0.15, 0.2) is 60.7 Å². The van der Waals surface area contributed by atoms with Crippen LogP contribution in [0.4, 0.5) is 5.69 Å². The number of benzene rings is 2. The fraction of sp³-hybridized carbons (Fsp3) is 0.478. The van der Waals surface area contributed by atoms with E-state index in [1.54, 1.807) is 0 Å². The van der Waals surface area contributed by atoms with Gasteiger partial charge in [-0.05, 0) is 36.5 Å². The van der Waals surface area contributed by atoms with Crippen LogP contribution >= 0.6 is 0 Å². The van der Waals surface area contributed by atoms with Gasteiger partial charge in [0.05, 0.1) is 5.54 Å². The summed E-state index contributed by atoms with van der Waals surface area (Å²) in [6.07, 6.45) is 8.15. The molecule has 1 aliphatic carbocycles. The number of nitrogens with zero attached hydrogens (tertiary/aromatic N) is 2. The average Bonchev–Trinajstić information content (AvgIpc) is 2.99. The van der Waals surface area contributed by atoms with Crippen LogP contribution in [0.3, 0.4) is 0 Å². The smallest absolute Gasteiger partial charge is 0.0808 e. The van der Waals surface area contributed by atoms with Crippen molar-refractivity contribution in [3.63, 3.8) is 0 Å². The first-order chi connectivity index (χ1) is 12.4. The highest BCUT2D eigenvalue weighted by atomic mass is 15.2. The minimum Gasteiger partial charge on any atom is -0.368 e. The lowest BCUT2D eigenvalue weighted by Crippen LogP contribution is -2.58. The third kappa shape index (κ3) is 3.46. The molecule has 2 aliphatic rings. The third-order valence-corrected chi connectivity index (χ3v) is 6.12. The second-order valence-corrected chi connectivity index (χ2v) is 7.62.